The van der Waals surface area contributed by atoms with Crippen LogP contribution in [-0.2, 0) is 65.4 Å². The molecule has 0 aromatic rings. The van der Waals surface area contributed by atoms with Gasteiger partial charge in [-0.15, -0.1) is 0 Å². The molecule has 0 radical (unpaired) electrons. The quantitative estimate of drug-likeness (QED) is 0.0222. The molecule has 0 saturated heterocycles. The number of hydrogen-bond donors (Lipinski definition) is 3. The predicted octanol–water partition coefficient (Wildman–Crippen LogP) is 22.4. The predicted molar refractivity (Wildman–Crippen MR) is 391 cm³/mol. The maximum absolute atomic E-state index is 13.1. The molecule has 0 aliphatic carbocycles. The first-order valence-electron chi connectivity index (χ1n) is 39.7. The highest BCUT2D eigenvalue weighted by molar-refractivity contribution is 7.47. The van der Waals surface area contributed by atoms with Gasteiger partial charge < -0.3 is 33.8 Å². The van der Waals surface area contributed by atoms with E-state index in [1.807, 2.05) is 0 Å². The van der Waals surface area contributed by atoms with Crippen LogP contribution >= 0.6 is 15.6 Å². The summed E-state index contributed by atoms with van der Waals surface area (Å²) in [7, 11) is -9.91. The minimum atomic E-state index is -4.96. The molecule has 570 valence electrons. The fourth-order valence-corrected chi connectivity index (χ4v) is 13.3. The van der Waals surface area contributed by atoms with E-state index in [4.69, 9.17) is 37.0 Å². The van der Waals surface area contributed by atoms with E-state index in [9.17, 15) is 43.2 Å². The molecule has 0 rings (SSSR count). The molecular formula is C77H150O17P2. The van der Waals surface area contributed by atoms with Crippen LogP contribution in [0.1, 0.15) is 389 Å². The van der Waals surface area contributed by atoms with Gasteiger partial charge >= 0.3 is 39.5 Å². The van der Waals surface area contributed by atoms with Crippen molar-refractivity contribution in [1.29, 1.82) is 0 Å². The van der Waals surface area contributed by atoms with Crippen LogP contribution in [0.4, 0.5) is 0 Å². The average molecular weight is 1410 g/mol. The van der Waals surface area contributed by atoms with Crippen LogP contribution < -0.4 is 0 Å². The summed E-state index contributed by atoms with van der Waals surface area (Å²) in [5.41, 5.74) is 0. The molecule has 0 amide bonds. The van der Waals surface area contributed by atoms with Crippen LogP contribution in [0.15, 0.2) is 0 Å². The molecular weight excluding hydrogens is 1260 g/mol. The second-order valence-corrected chi connectivity index (χ2v) is 32.3. The Balaban J connectivity index is 5.23. The van der Waals surface area contributed by atoms with E-state index in [1.54, 1.807) is 0 Å². The number of aliphatic hydroxyl groups is 1. The minimum Gasteiger partial charge on any atom is -0.462 e. The third-order valence-electron chi connectivity index (χ3n) is 18.2. The lowest BCUT2D eigenvalue weighted by molar-refractivity contribution is -0.161. The highest BCUT2D eigenvalue weighted by Crippen LogP contribution is 2.45. The van der Waals surface area contributed by atoms with Gasteiger partial charge in [0.05, 0.1) is 26.4 Å². The summed E-state index contributed by atoms with van der Waals surface area (Å²) in [5.74, 6) is 0.947. The number of hydrogen-bond acceptors (Lipinski definition) is 15. The van der Waals surface area contributed by atoms with Gasteiger partial charge in [0.25, 0.3) is 0 Å². The number of aliphatic hydroxyl groups excluding tert-OH is 1. The summed E-state index contributed by atoms with van der Waals surface area (Å²) in [5, 5.41) is 10.6. The molecule has 0 bridgehead atoms. The smallest absolute Gasteiger partial charge is 0.462 e. The molecule has 0 spiro atoms. The second-order valence-electron chi connectivity index (χ2n) is 29.4. The maximum Gasteiger partial charge on any atom is 0.472 e. The Bertz CT molecular complexity index is 1890. The monoisotopic (exact) mass is 1410 g/mol. The Morgan fingerprint density at radius 1 is 0.292 bits per heavy atom. The summed E-state index contributed by atoms with van der Waals surface area (Å²) in [6.07, 6.45) is 51.4. The first-order chi connectivity index (χ1) is 46.1. The van der Waals surface area contributed by atoms with E-state index in [1.165, 1.54) is 186 Å². The summed E-state index contributed by atoms with van der Waals surface area (Å²) in [6, 6.07) is 0. The summed E-state index contributed by atoms with van der Waals surface area (Å²) in [6.45, 7) is 14.2. The number of carbonyl (C=O) groups excluding carboxylic acids is 4. The van der Waals surface area contributed by atoms with Gasteiger partial charge in [0.1, 0.15) is 19.3 Å². The lowest BCUT2D eigenvalue weighted by Crippen LogP contribution is -2.30. The van der Waals surface area contributed by atoms with E-state index in [-0.39, 0.29) is 25.7 Å². The van der Waals surface area contributed by atoms with Crippen molar-refractivity contribution in [2.75, 3.05) is 39.6 Å². The molecule has 0 aliphatic rings. The zero-order valence-corrected chi connectivity index (χ0v) is 64.8. The van der Waals surface area contributed by atoms with Crippen molar-refractivity contribution < 1.29 is 80.2 Å². The first-order valence-corrected chi connectivity index (χ1v) is 42.7. The fraction of sp³-hybridized carbons (Fsp3) is 0.948. The van der Waals surface area contributed by atoms with Crippen LogP contribution in [-0.4, -0.2) is 96.7 Å². The highest BCUT2D eigenvalue weighted by atomic mass is 31.2. The van der Waals surface area contributed by atoms with Crippen molar-refractivity contribution >= 4 is 39.5 Å². The Morgan fingerprint density at radius 2 is 0.500 bits per heavy atom. The SMILES string of the molecule is CCC(C)CCCCCCCCCCCCC(=O)OC[C@H](COP(=O)(O)OC[C@@H](O)COP(=O)(O)OC[C@@H](COC(=O)CCCCCCCCC(C)C)OC(=O)CCCCCCCCCCCCCCCCCC(C)C)OC(=O)CCCCCCCCCCCCCCC(C)C. The fourth-order valence-electron chi connectivity index (χ4n) is 11.7. The third kappa shape index (κ3) is 69.2. The van der Waals surface area contributed by atoms with E-state index in [2.05, 4.69) is 55.4 Å². The topological polar surface area (TPSA) is 237 Å². The van der Waals surface area contributed by atoms with E-state index in [0.29, 0.717) is 31.6 Å². The zero-order valence-electron chi connectivity index (χ0n) is 63.0. The van der Waals surface area contributed by atoms with Crippen LogP contribution in [0.3, 0.4) is 0 Å². The first kappa shape index (κ1) is 94.1. The van der Waals surface area contributed by atoms with E-state index >= 15 is 0 Å². The molecule has 6 atom stereocenters. The molecule has 0 aliphatic heterocycles. The van der Waals surface area contributed by atoms with E-state index in [0.717, 1.165) is 114 Å². The Hall–Kier alpha value is -1.94. The molecule has 0 fully saturated rings. The van der Waals surface area contributed by atoms with Crippen LogP contribution in [0.2, 0.25) is 0 Å². The summed E-state index contributed by atoms with van der Waals surface area (Å²) < 4.78 is 68.5. The molecule has 0 saturated carbocycles. The normalized spacial score (nSPS) is 14.4. The standard InChI is InChI=1S/C77H150O17P2/c1-9-70(8)56-48-40-31-25-21-22-26-32-41-49-57-74(79)87-63-72(93-76(81)60-52-44-34-28-20-16-15-18-24-30-38-46-54-68(4)5)65-91-95(83,84)89-61-71(78)62-90-96(85,86)92-66-73(64-88-75(80)58-50-42-36-35-39-47-55-69(6)7)94-77(82)59-51-43-33-27-19-14-12-10-11-13-17-23-29-37-45-53-67(2)3/h67-73,78H,9-66H2,1-8H3,(H,83,84)(H,85,86)/t70?,71-,72-,73-/m1/s1. The number of phosphoric ester groups is 2. The number of ether oxygens (including phenoxy) is 4. The largest absolute Gasteiger partial charge is 0.472 e. The van der Waals surface area contributed by atoms with Crippen LogP contribution in [0.5, 0.6) is 0 Å². The summed E-state index contributed by atoms with van der Waals surface area (Å²) in [4.78, 5) is 72.8. The van der Waals surface area contributed by atoms with E-state index < -0.39 is 97.5 Å². The lowest BCUT2D eigenvalue weighted by atomic mass is 9.99. The van der Waals surface area contributed by atoms with Gasteiger partial charge in [-0.25, -0.2) is 9.13 Å². The third-order valence-corrected chi connectivity index (χ3v) is 20.1. The van der Waals surface area contributed by atoms with Gasteiger partial charge in [-0.05, 0) is 49.4 Å². The number of phosphoric acid groups is 2. The van der Waals surface area contributed by atoms with Gasteiger partial charge in [-0.2, -0.15) is 0 Å². The van der Waals surface area contributed by atoms with Crippen LogP contribution in [0, 0.1) is 23.7 Å². The average Bonchev–Trinajstić information content (AvgIpc) is 2.91. The van der Waals surface area contributed by atoms with Crippen molar-refractivity contribution in [2.45, 2.75) is 408 Å². The molecule has 96 heavy (non-hydrogen) atoms. The number of unbranched alkanes of at least 4 members (excludes halogenated alkanes) is 39. The maximum atomic E-state index is 13.1. The van der Waals surface area contributed by atoms with Crippen molar-refractivity contribution in [3.63, 3.8) is 0 Å². The van der Waals surface area contributed by atoms with Crippen molar-refractivity contribution in [1.82, 2.24) is 0 Å². The van der Waals surface area contributed by atoms with Crippen LogP contribution in [0.25, 0.3) is 0 Å². The molecule has 19 heteroatoms. The number of carbonyl (C=O) groups is 4. The zero-order chi connectivity index (χ0) is 71.0. The van der Waals surface area contributed by atoms with Crippen molar-refractivity contribution in [3.8, 4) is 0 Å². The molecule has 3 unspecified atom stereocenters. The Kier molecular flexibility index (Phi) is 65.0. The Morgan fingerprint density at radius 3 is 0.740 bits per heavy atom. The van der Waals surface area contributed by atoms with Gasteiger partial charge in [0.2, 0.25) is 0 Å². The minimum absolute atomic E-state index is 0.106. The molecule has 17 nitrogen and oxygen atoms in total. The number of esters is 4. The lowest BCUT2D eigenvalue weighted by Gasteiger charge is -2.21. The molecule has 3 N–H and O–H groups in total. The highest BCUT2D eigenvalue weighted by Gasteiger charge is 2.30. The van der Waals surface area contributed by atoms with Crippen molar-refractivity contribution in [2.24, 2.45) is 23.7 Å². The summed E-state index contributed by atoms with van der Waals surface area (Å²) >= 11 is 0. The Labute approximate surface area is 588 Å². The molecule has 0 heterocycles. The van der Waals surface area contributed by atoms with Gasteiger partial charge in [0.15, 0.2) is 12.2 Å². The second kappa shape index (κ2) is 66.3. The molecule has 0 aromatic carbocycles. The molecule has 0 aromatic heterocycles. The van der Waals surface area contributed by atoms with Gasteiger partial charge in [0, 0.05) is 25.7 Å². The van der Waals surface area contributed by atoms with Gasteiger partial charge in [-0.3, -0.25) is 37.3 Å². The van der Waals surface area contributed by atoms with Crippen molar-refractivity contribution in [3.05, 3.63) is 0 Å². The van der Waals surface area contributed by atoms with Gasteiger partial charge in [-0.1, -0.05) is 338 Å². The number of rotatable bonds is 74.